The van der Waals surface area contributed by atoms with E-state index in [4.69, 9.17) is 4.74 Å². The van der Waals surface area contributed by atoms with Gasteiger partial charge in [0.15, 0.2) is 5.78 Å². The first-order valence-electron chi connectivity index (χ1n) is 7.11. The summed E-state index contributed by atoms with van der Waals surface area (Å²) in [5.74, 6) is 0.211. The molecule has 1 aromatic rings. The topological polar surface area (TPSA) is 63.6 Å². The molecule has 1 aromatic carbocycles. The van der Waals surface area contributed by atoms with Gasteiger partial charge in [0.1, 0.15) is 11.5 Å². The SMILES string of the molecule is CC1(C)CC(=O)C2=C(C1)OC(=O)C[C@@H]2c1ccc(O)cc1. The van der Waals surface area contributed by atoms with Crippen LogP contribution in [0.1, 0.15) is 44.6 Å². The minimum Gasteiger partial charge on any atom is -0.508 e. The van der Waals surface area contributed by atoms with E-state index in [2.05, 4.69) is 0 Å². The van der Waals surface area contributed by atoms with Crippen LogP contribution in [0.5, 0.6) is 5.75 Å². The van der Waals surface area contributed by atoms with Crippen molar-refractivity contribution in [3.63, 3.8) is 0 Å². The fourth-order valence-corrected chi connectivity index (χ4v) is 3.20. The standard InChI is InChI=1S/C17H18O4/c1-17(2)8-13(19)16-12(7-15(20)21-14(16)9-17)10-3-5-11(18)6-4-10/h3-6,12,18H,7-9H2,1-2H3/t12-/m1/s1. The highest BCUT2D eigenvalue weighted by atomic mass is 16.5. The first kappa shape index (κ1) is 13.9. The molecule has 4 nitrogen and oxygen atoms in total. The van der Waals surface area contributed by atoms with Gasteiger partial charge < -0.3 is 9.84 Å². The van der Waals surface area contributed by atoms with E-state index in [1.54, 1.807) is 24.3 Å². The van der Waals surface area contributed by atoms with Crippen molar-refractivity contribution in [2.45, 2.75) is 39.0 Å². The molecule has 1 aliphatic heterocycles. The van der Waals surface area contributed by atoms with Gasteiger partial charge in [-0.1, -0.05) is 26.0 Å². The number of ketones is 1. The average molecular weight is 286 g/mol. The number of hydrogen-bond acceptors (Lipinski definition) is 4. The highest BCUT2D eigenvalue weighted by Crippen LogP contribution is 2.45. The first-order chi connectivity index (χ1) is 9.85. The van der Waals surface area contributed by atoms with Crippen LogP contribution >= 0.6 is 0 Å². The zero-order chi connectivity index (χ0) is 15.2. The fourth-order valence-electron chi connectivity index (χ4n) is 3.20. The number of hydrogen-bond donors (Lipinski definition) is 1. The summed E-state index contributed by atoms with van der Waals surface area (Å²) in [6.45, 7) is 4.01. The second kappa shape index (κ2) is 4.72. The molecule has 21 heavy (non-hydrogen) atoms. The van der Waals surface area contributed by atoms with Crippen LogP contribution in [0.3, 0.4) is 0 Å². The Labute approximate surface area is 123 Å². The number of esters is 1. The Kier molecular flexibility index (Phi) is 3.12. The summed E-state index contributed by atoms with van der Waals surface area (Å²) in [5.41, 5.74) is 1.33. The number of aromatic hydroxyl groups is 1. The van der Waals surface area contributed by atoms with Gasteiger partial charge in [-0.3, -0.25) is 9.59 Å². The third-order valence-electron chi connectivity index (χ3n) is 4.13. The van der Waals surface area contributed by atoms with E-state index in [-0.39, 0.29) is 35.3 Å². The van der Waals surface area contributed by atoms with E-state index in [1.165, 1.54) is 0 Å². The Balaban J connectivity index is 2.06. The largest absolute Gasteiger partial charge is 0.508 e. The molecule has 1 aliphatic carbocycles. The molecule has 110 valence electrons. The number of carbonyl (C=O) groups excluding carboxylic acids is 2. The number of ether oxygens (including phenoxy) is 1. The molecular weight excluding hydrogens is 268 g/mol. The molecule has 0 unspecified atom stereocenters. The van der Waals surface area contributed by atoms with Crippen molar-refractivity contribution in [1.82, 2.24) is 0 Å². The predicted molar refractivity (Wildman–Crippen MR) is 76.6 cm³/mol. The van der Waals surface area contributed by atoms with Crippen molar-refractivity contribution in [3.8, 4) is 5.75 Å². The lowest BCUT2D eigenvalue weighted by Gasteiger charge is -2.36. The van der Waals surface area contributed by atoms with Gasteiger partial charge in [-0.2, -0.15) is 0 Å². The lowest BCUT2D eigenvalue weighted by atomic mass is 9.71. The molecule has 1 N–H and O–H groups in total. The molecule has 0 amide bonds. The maximum atomic E-state index is 12.5. The number of carbonyl (C=O) groups is 2. The van der Waals surface area contributed by atoms with Crippen molar-refractivity contribution >= 4 is 11.8 Å². The van der Waals surface area contributed by atoms with E-state index in [0.29, 0.717) is 24.2 Å². The van der Waals surface area contributed by atoms with Gasteiger partial charge in [0.25, 0.3) is 0 Å². The fraction of sp³-hybridized carbons (Fsp3) is 0.412. The van der Waals surface area contributed by atoms with Crippen LogP contribution in [0.2, 0.25) is 0 Å². The molecule has 0 bridgehead atoms. The predicted octanol–water partition coefficient (Wildman–Crippen LogP) is 3.07. The summed E-state index contributed by atoms with van der Waals surface area (Å²) in [6, 6.07) is 6.67. The molecule has 3 rings (SSSR count). The van der Waals surface area contributed by atoms with Gasteiger partial charge in [-0.05, 0) is 23.1 Å². The Hall–Kier alpha value is -2.10. The number of benzene rings is 1. The zero-order valence-corrected chi connectivity index (χ0v) is 12.2. The van der Waals surface area contributed by atoms with E-state index >= 15 is 0 Å². The molecule has 0 saturated heterocycles. The van der Waals surface area contributed by atoms with Crippen molar-refractivity contribution in [2.24, 2.45) is 5.41 Å². The molecule has 1 heterocycles. The Bertz CT molecular complexity index is 637. The second-order valence-corrected chi connectivity index (χ2v) is 6.60. The Morgan fingerprint density at radius 3 is 2.48 bits per heavy atom. The van der Waals surface area contributed by atoms with Crippen molar-refractivity contribution < 1.29 is 19.4 Å². The first-order valence-corrected chi connectivity index (χ1v) is 7.11. The Morgan fingerprint density at radius 2 is 1.81 bits per heavy atom. The zero-order valence-electron chi connectivity index (χ0n) is 12.2. The van der Waals surface area contributed by atoms with Crippen LogP contribution in [0.25, 0.3) is 0 Å². The smallest absolute Gasteiger partial charge is 0.311 e. The van der Waals surface area contributed by atoms with Crippen LogP contribution in [-0.2, 0) is 14.3 Å². The number of phenols is 1. The maximum Gasteiger partial charge on any atom is 0.311 e. The van der Waals surface area contributed by atoms with E-state index in [1.807, 2.05) is 13.8 Å². The van der Waals surface area contributed by atoms with Gasteiger partial charge in [0, 0.05) is 24.3 Å². The molecule has 0 spiro atoms. The summed E-state index contributed by atoms with van der Waals surface area (Å²) >= 11 is 0. The molecule has 2 aliphatic rings. The molecule has 0 saturated carbocycles. The van der Waals surface area contributed by atoms with Crippen molar-refractivity contribution in [3.05, 3.63) is 41.2 Å². The summed E-state index contributed by atoms with van der Waals surface area (Å²) in [5, 5.41) is 9.39. The molecule has 1 atom stereocenters. The van der Waals surface area contributed by atoms with Gasteiger partial charge in [0.05, 0.1) is 6.42 Å². The van der Waals surface area contributed by atoms with Gasteiger partial charge in [-0.15, -0.1) is 0 Å². The van der Waals surface area contributed by atoms with Gasteiger partial charge in [0.2, 0.25) is 0 Å². The quantitative estimate of drug-likeness (QED) is 0.806. The van der Waals surface area contributed by atoms with E-state index in [9.17, 15) is 14.7 Å². The molecule has 0 fully saturated rings. The third kappa shape index (κ3) is 2.58. The highest BCUT2D eigenvalue weighted by molar-refractivity contribution is 6.00. The lowest BCUT2D eigenvalue weighted by molar-refractivity contribution is -0.142. The van der Waals surface area contributed by atoms with Crippen LogP contribution in [0, 0.1) is 5.41 Å². The Morgan fingerprint density at radius 1 is 1.14 bits per heavy atom. The lowest BCUT2D eigenvalue weighted by Crippen LogP contribution is -2.33. The number of rotatable bonds is 1. The molecular formula is C17H18O4. The van der Waals surface area contributed by atoms with Crippen molar-refractivity contribution in [1.29, 1.82) is 0 Å². The summed E-state index contributed by atoms with van der Waals surface area (Å²) in [4.78, 5) is 24.4. The monoisotopic (exact) mass is 286 g/mol. The number of Topliss-reactive ketones (excluding diaryl/α,β-unsaturated/α-hetero) is 1. The van der Waals surface area contributed by atoms with Gasteiger partial charge >= 0.3 is 5.97 Å². The van der Waals surface area contributed by atoms with Crippen LogP contribution in [-0.4, -0.2) is 16.9 Å². The number of allylic oxidation sites excluding steroid dienone is 2. The van der Waals surface area contributed by atoms with Crippen LogP contribution in [0.15, 0.2) is 35.6 Å². The minimum absolute atomic E-state index is 0.0619. The summed E-state index contributed by atoms with van der Waals surface area (Å²) in [6.07, 6.45) is 1.25. The normalized spacial score (nSPS) is 24.6. The average Bonchev–Trinajstić information content (AvgIpc) is 2.36. The molecule has 0 aromatic heterocycles. The van der Waals surface area contributed by atoms with Gasteiger partial charge in [-0.25, -0.2) is 0 Å². The third-order valence-corrected chi connectivity index (χ3v) is 4.13. The molecule has 0 radical (unpaired) electrons. The minimum atomic E-state index is -0.294. The molecule has 4 heteroatoms. The van der Waals surface area contributed by atoms with Crippen molar-refractivity contribution in [2.75, 3.05) is 0 Å². The second-order valence-electron chi connectivity index (χ2n) is 6.60. The highest BCUT2D eigenvalue weighted by Gasteiger charge is 2.41. The maximum absolute atomic E-state index is 12.5. The number of phenolic OH excluding ortho intramolecular Hbond substituents is 1. The van der Waals surface area contributed by atoms with Crippen LogP contribution in [0.4, 0.5) is 0 Å². The van der Waals surface area contributed by atoms with E-state index < -0.39 is 0 Å². The summed E-state index contributed by atoms with van der Waals surface area (Å²) < 4.78 is 5.34. The van der Waals surface area contributed by atoms with Crippen LogP contribution < -0.4 is 0 Å². The van der Waals surface area contributed by atoms with E-state index in [0.717, 1.165) is 5.56 Å². The summed E-state index contributed by atoms with van der Waals surface area (Å²) in [7, 11) is 0.